The van der Waals surface area contributed by atoms with Crippen molar-refractivity contribution in [3.05, 3.63) is 23.8 Å². The van der Waals surface area contributed by atoms with E-state index in [-0.39, 0.29) is 0 Å². The van der Waals surface area contributed by atoms with E-state index in [9.17, 15) is 0 Å². The quantitative estimate of drug-likeness (QED) is 0.678. The number of hydrogen-bond acceptors (Lipinski definition) is 2. The molecule has 1 saturated carbocycles. The Balaban J connectivity index is 2.34. The highest BCUT2D eigenvalue weighted by Gasteiger charge is 2.23. The molecule has 1 aromatic rings. The predicted molar refractivity (Wildman–Crippen MR) is 49.4 cm³/mol. The number of anilines is 1. The minimum atomic E-state index is 0.738. The molecule has 0 aliphatic heterocycles. The molecule has 64 valence electrons. The molecule has 2 rings (SSSR count). The van der Waals surface area contributed by atoms with Crippen molar-refractivity contribution in [3.63, 3.8) is 0 Å². The SMILES string of the molecule is COc1cc(N)cc(C2CC2)c1. The van der Waals surface area contributed by atoms with Gasteiger partial charge in [0.15, 0.2) is 0 Å². The minimum Gasteiger partial charge on any atom is -0.497 e. The lowest BCUT2D eigenvalue weighted by atomic mass is 10.1. The van der Waals surface area contributed by atoms with Crippen molar-refractivity contribution in [2.24, 2.45) is 0 Å². The van der Waals surface area contributed by atoms with Crippen LogP contribution >= 0.6 is 0 Å². The molecule has 0 saturated heterocycles. The molecule has 2 N–H and O–H groups in total. The summed E-state index contributed by atoms with van der Waals surface area (Å²) in [6.07, 6.45) is 2.60. The molecule has 2 heteroatoms. The second-order valence-electron chi connectivity index (χ2n) is 3.31. The summed E-state index contributed by atoms with van der Waals surface area (Å²) in [6.45, 7) is 0. The molecule has 0 heterocycles. The van der Waals surface area contributed by atoms with E-state index in [0.717, 1.165) is 17.4 Å². The Hall–Kier alpha value is -1.18. The van der Waals surface area contributed by atoms with E-state index in [1.54, 1.807) is 7.11 Å². The first kappa shape index (κ1) is 7.47. The van der Waals surface area contributed by atoms with Gasteiger partial charge in [-0.25, -0.2) is 0 Å². The fourth-order valence-corrected chi connectivity index (χ4v) is 1.42. The maximum absolute atomic E-state index is 5.72. The Bertz CT molecular complexity index is 292. The second-order valence-corrected chi connectivity index (χ2v) is 3.31. The topological polar surface area (TPSA) is 35.2 Å². The van der Waals surface area contributed by atoms with Crippen LogP contribution < -0.4 is 10.5 Å². The van der Waals surface area contributed by atoms with Gasteiger partial charge < -0.3 is 10.5 Å². The standard InChI is InChI=1S/C10H13NO/c1-12-10-5-8(7-2-3-7)4-9(11)6-10/h4-7H,2-3,11H2,1H3. The van der Waals surface area contributed by atoms with Crippen LogP contribution in [0.1, 0.15) is 24.3 Å². The molecular formula is C10H13NO. The smallest absolute Gasteiger partial charge is 0.121 e. The lowest BCUT2D eigenvalue weighted by Crippen LogP contribution is -1.91. The fraction of sp³-hybridized carbons (Fsp3) is 0.400. The zero-order valence-electron chi connectivity index (χ0n) is 7.21. The van der Waals surface area contributed by atoms with Crippen LogP contribution in [0.5, 0.6) is 5.75 Å². The third kappa shape index (κ3) is 1.37. The molecule has 0 atom stereocenters. The van der Waals surface area contributed by atoms with Crippen LogP contribution in [0.4, 0.5) is 5.69 Å². The van der Waals surface area contributed by atoms with Crippen LogP contribution in [0, 0.1) is 0 Å². The number of nitrogens with two attached hydrogens (primary N) is 1. The molecule has 2 nitrogen and oxygen atoms in total. The molecule has 1 aliphatic carbocycles. The average molecular weight is 163 g/mol. The van der Waals surface area contributed by atoms with Crippen molar-refractivity contribution in [2.75, 3.05) is 12.8 Å². The number of nitrogen functional groups attached to an aromatic ring is 1. The van der Waals surface area contributed by atoms with Crippen LogP contribution in [0.3, 0.4) is 0 Å². The van der Waals surface area contributed by atoms with E-state index in [4.69, 9.17) is 10.5 Å². The number of ether oxygens (including phenoxy) is 1. The molecule has 0 spiro atoms. The molecule has 0 radical (unpaired) electrons. The summed E-state index contributed by atoms with van der Waals surface area (Å²) in [7, 11) is 1.67. The fourth-order valence-electron chi connectivity index (χ4n) is 1.42. The number of benzene rings is 1. The second kappa shape index (κ2) is 2.70. The van der Waals surface area contributed by atoms with Crippen molar-refractivity contribution in [1.82, 2.24) is 0 Å². The van der Waals surface area contributed by atoms with Gasteiger partial charge in [0.05, 0.1) is 7.11 Å². The summed E-state index contributed by atoms with van der Waals surface area (Å²) in [6, 6.07) is 5.97. The molecule has 0 bridgehead atoms. The Labute approximate surface area is 72.3 Å². The summed E-state index contributed by atoms with van der Waals surface area (Å²) in [4.78, 5) is 0. The van der Waals surface area contributed by atoms with Crippen LogP contribution in [0.2, 0.25) is 0 Å². The summed E-state index contributed by atoms with van der Waals surface area (Å²) in [5.74, 6) is 1.61. The Morgan fingerprint density at radius 1 is 1.33 bits per heavy atom. The van der Waals surface area contributed by atoms with Gasteiger partial charge in [-0.15, -0.1) is 0 Å². The van der Waals surface area contributed by atoms with Gasteiger partial charge in [-0.1, -0.05) is 0 Å². The number of rotatable bonds is 2. The summed E-state index contributed by atoms with van der Waals surface area (Å²) >= 11 is 0. The molecule has 1 aliphatic rings. The van der Waals surface area contributed by atoms with Crippen molar-refractivity contribution < 1.29 is 4.74 Å². The van der Waals surface area contributed by atoms with Gasteiger partial charge in [-0.05, 0) is 36.5 Å². The molecule has 1 fully saturated rings. The van der Waals surface area contributed by atoms with Gasteiger partial charge in [0.1, 0.15) is 5.75 Å². The van der Waals surface area contributed by atoms with Crippen LogP contribution in [-0.2, 0) is 0 Å². The molecule has 0 unspecified atom stereocenters. The first-order valence-corrected chi connectivity index (χ1v) is 4.24. The average Bonchev–Trinajstić information content (AvgIpc) is 2.85. The lowest BCUT2D eigenvalue weighted by Gasteiger charge is -2.04. The maximum Gasteiger partial charge on any atom is 0.121 e. The van der Waals surface area contributed by atoms with Gasteiger partial charge in [0, 0.05) is 11.8 Å². The number of hydrogen-bond donors (Lipinski definition) is 1. The van der Waals surface area contributed by atoms with Gasteiger partial charge in [-0.3, -0.25) is 0 Å². The van der Waals surface area contributed by atoms with Gasteiger partial charge in [0.25, 0.3) is 0 Å². The minimum absolute atomic E-state index is 0.738. The maximum atomic E-state index is 5.72. The van der Waals surface area contributed by atoms with E-state index in [0.29, 0.717) is 0 Å². The highest BCUT2D eigenvalue weighted by molar-refractivity contribution is 5.49. The van der Waals surface area contributed by atoms with Gasteiger partial charge in [0.2, 0.25) is 0 Å². The van der Waals surface area contributed by atoms with E-state index >= 15 is 0 Å². The third-order valence-corrected chi connectivity index (χ3v) is 2.24. The van der Waals surface area contributed by atoms with Crippen molar-refractivity contribution in [2.45, 2.75) is 18.8 Å². The lowest BCUT2D eigenvalue weighted by molar-refractivity contribution is 0.414. The molecule has 12 heavy (non-hydrogen) atoms. The van der Waals surface area contributed by atoms with E-state index < -0.39 is 0 Å². The third-order valence-electron chi connectivity index (χ3n) is 2.24. The summed E-state index contributed by atoms with van der Waals surface area (Å²) < 4.78 is 5.13. The van der Waals surface area contributed by atoms with Crippen molar-refractivity contribution in [1.29, 1.82) is 0 Å². The van der Waals surface area contributed by atoms with Crippen LogP contribution in [0.25, 0.3) is 0 Å². The van der Waals surface area contributed by atoms with E-state index in [2.05, 4.69) is 6.07 Å². The summed E-state index contributed by atoms with van der Waals surface area (Å²) in [5.41, 5.74) is 7.85. The number of methoxy groups -OCH3 is 1. The highest BCUT2D eigenvalue weighted by atomic mass is 16.5. The molecule has 0 amide bonds. The van der Waals surface area contributed by atoms with Gasteiger partial charge >= 0.3 is 0 Å². The monoisotopic (exact) mass is 163 g/mol. The normalized spacial score (nSPS) is 16.1. The Morgan fingerprint density at radius 3 is 2.67 bits per heavy atom. The Morgan fingerprint density at radius 2 is 2.08 bits per heavy atom. The predicted octanol–water partition coefficient (Wildman–Crippen LogP) is 2.15. The van der Waals surface area contributed by atoms with Gasteiger partial charge in [-0.2, -0.15) is 0 Å². The molecule has 1 aromatic carbocycles. The van der Waals surface area contributed by atoms with Crippen molar-refractivity contribution >= 4 is 5.69 Å². The Kier molecular flexibility index (Phi) is 1.68. The van der Waals surface area contributed by atoms with E-state index in [1.165, 1.54) is 18.4 Å². The van der Waals surface area contributed by atoms with Crippen molar-refractivity contribution in [3.8, 4) is 5.75 Å². The van der Waals surface area contributed by atoms with E-state index in [1.807, 2.05) is 12.1 Å². The zero-order chi connectivity index (χ0) is 8.55. The largest absolute Gasteiger partial charge is 0.497 e. The summed E-state index contributed by atoms with van der Waals surface area (Å²) in [5, 5.41) is 0. The molecular weight excluding hydrogens is 150 g/mol. The van der Waals surface area contributed by atoms with Crippen LogP contribution in [0.15, 0.2) is 18.2 Å². The first-order valence-electron chi connectivity index (χ1n) is 4.24. The van der Waals surface area contributed by atoms with Crippen LogP contribution in [-0.4, -0.2) is 7.11 Å². The zero-order valence-corrected chi connectivity index (χ0v) is 7.21. The molecule has 0 aromatic heterocycles. The highest BCUT2D eigenvalue weighted by Crippen LogP contribution is 2.41. The first-order chi connectivity index (χ1) is 5.79.